The zero-order valence-corrected chi connectivity index (χ0v) is 9.04. The summed E-state index contributed by atoms with van der Waals surface area (Å²) in [5.41, 5.74) is 4.13. The fourth-order valence-corrected chi connectivity index (χ4v) is 0.886. The zero-order chi connectivity index (χ0) is 13.3. The summed E-state index contributed by atoms with van der Waals surface area (Å²) in [4.78, 5) is 10.5. The maximum absolute atomic E-state index is 11.9. The molecule has 0 amide bonds. The molecule has 1 rings (SSSR count). The molecule has 1 atom stereocenters. The van der Waals surface area contributed by atoms with Gasteiger partial charge in [-0.05, 0) is 6.92 Å². The minimum atomic E-state index is -5.05. The largest absolute Gasteiger partial charge is 0.490 e. The van der Waals surface area contributed by atoms with Crippen molar-refractivity contribution in [3.8, 4) is 0 Å². The van der Waals surface area contributed by atoms with Crippen LogP contribution in [0.25, 0.3) is 0 Å². The molecule has 0 radical (unpaired) electrons. The second kappa shape index (κ2) is 4.32. The Bertz CT molecular complexity index is 414. The van der Waals surface area contributed by atoms with Gasteiger partial charge in [-0.15, -0.1) is 10.2 Å². The summed E-state index contributed by atoms with van der Waals surface area (Å²) in [6.45, 7) is 2.09. The van der Waals surface area contributed by atoms with Gasteiger partial charge in [-0.25, -0.2) is 4.79 Å². The number of carbonyl (C=O) groups excluding carboxylic acids is 1. The van der Waals surface area contributed by atoms with E-state index in [1.807, 2.05) is 0 Å². The number of alkyl halides is 3. The van der Waals surface area contributed by atoms with Gasteiger partial charge in [0.25, 0.3) is 0 Å². The van der Waals surface area contributed by atoms with Gasteiger partial charge in [0.15, 0.2) is 0 Å². The molecule has 0 aliphatic rings. The van der Waals surface area contributed by atoms with Crippen LogP contribution in [0.5, 0.6) is 0 Å². The third-order valence-corrected chi connectivity index (χ3v) is 1.75. The van der Waals surface area contributed by atoms with Crippen LogP contribution in [-0.4, -0.2) is 28.9 Å². The molecule has 2 N–H and O–H groups in total. The Balaban J connectivity index is 2.65. The fourth-order valence-electron chi connectivity index (χ4n) is 0.886. The summed E-state index contributed by atoms with van der Waals surface area (Å²) >= 11 is 0. The molecule has 1 aromatic rings. The predicted molar refractivity (Wildman–Crippen MR) is 47.6 cm³/mol. The molecule has 0 aliphatic heterocycles. The van der Waals surface area contributed by atoms with Crippen molar-refractivity contribution in [2.24, 2.45) is 5.73 Å². The van der Waals surface area contributed by atoms with Crippen LogP contribution in [0.3, 0.4) is 0 Å². The molecule has 0 bridgehead atoms. The van der Waals surface area contributed by atoms with Crippen molar-refractivity contribution < 1.29 is 27.1 Å². The number of aryl methyl sites for hydroxylation is 1. The van der Waals surface area contributed by atoms with Crippen LogP contribution >= 0.6 is 0 Å². The Kier molecular flexibility index (Phi) is 3.41. The maximum atomic E-state index is 11.9. The van der Waals surface area contributed by atoms with Crippen molar-refractivity contribution in [2.75, 3.05) is 6.61 Å². The van der Waals surface area contributed by atoms with Crippen LogP contribution in [0.15, 0.2) is 4.42 Å². The molecule has 17 heavy (non-hydrogen) atoms. The Morgan fingerprint density at radius 1 is 1.47 bits per heavy atom. The van der Waals surface area contributed by atoms with E-state index in [9.17, 15) is 18.0 Å². The van der Waals surface area contributed by atoms with Crippen molar-refractivity contribution >= 4 is 5.97 Å². The fraction of sp³-hybridized carbons (Fsp3) is 0.625. The second-order valence-corrected chi connectivity index (χ2v) is 3.62. The molecule has 0 aromatic carbocycles. The van der Waals surface area contributed by atoms with E-state index in [4.69, 9.17) is 10.2 Å². The Morgan fingerprint density at radius 3 is 2.47 bits per heavy atom. The van der Waals surface area contributed by atoms with Gasteiger partial charge in [0, 0.05) is 6.92 Å². The molecule has 1 aromatic heterocycles. The molecule has 0 spiro atoms. The molecular formula is C8H10F3N3O3. The molecule has 6 nitrogen and oxygen atoms in total. The number of ether oxygens (including phenoxy) is 1. The van der Waals surface area contributed by atoms with Crippen molar-refractivity contribution in [1.29, 1.82) is 0 Å². The highest BCUT2D eigenvalue weighted by atomic mass is 19.4. The van der Waals surface area contributed by atoms with Crippen LogP contribution in [0.4, 0.5) is 13.2 Å². The SMILES string of the molecule is Cc1nnc([C@@](C)(N)COC(=O)C(F)(F)F)o1. The highest BCUT2D eigenvalue weighted by Crippen LogP contribution is 2.20. The Hall–Kier alpha value is -1.64. The van der Waals surface area contributed by atoms with E-state index in [-0.39, 0.29) is 11.8 Å². The third kappa shape index (κ3) is 3.41. The number of carbonyl (C=O) groups is 1. The van der Waals surface area contributed by atoms with Crippen LogP contribution in [-0.2, 0) is 15.1 Å². The predicted octanol–water partition coefficient (Wildman–Crippen LogP) is 0.657. The van der Waals surface area contributed by atoms with Gasteiger partial charge in [0.05, 0.1) is 0 Å². The number of hydrogen-bond donors (Lipinski definition) is 1. The monoisotopic (exact) mass is 253 g/mol. The maximum Gasteiger partial charge on any atom is 0.490 e. The number of nitrogens with two attached hydrogens (primary N) is 1. The summed E-state index contributed by atoms with van der Waals surface area (Å²) in [6.07, 6.45) is -5.05. The standard InChI is InChI=1S/C8H10F3N3O3/c1-4-13-14-5(17-4)7(2,12)3-16-6(15)8(9,10)11/h3,12H2,1-2H3/t7-/m0/s1. The van der Waals surface area contributed by atoms with E-state index in [0.717, 1.165) is 0 Å². The zero-order valence-electron chi connectivity index (χ0n) is 9.04. The number of hydrogen-bond acceptors (Lipinski definition) is 6. The highest BCUT2D eigenvalue weighted by Gasteiger charge is 2.42. The Labute approximate surface area is 93.9 Å². The van der Waals surface area contributed by atoms with Crippen molar-refractivity contribution in [3.63, 3.8) is 0 Å². The van der Waals surface area contributed by atoms with E-state index in [2.05, 4.69) is 14.9 Å². The lowest BCUT2D eigenvalue weighted by Crippen LogP contribution is -2.41. The Morgan fingerprint density at radius 2 is 2.06 bits per heavy atom. The minimum absolute atomic E-state index is 0.107. The molecule has 0 unspecified atom stereocenters. The first kappa shape index (κ1) is 13.4. The summed E-state index contributed by atoms with van der Waals surface area (Å²) in [5.74, 6) is -2.21. The molecule has 0 saturated heterocycles. The van der Waals surface area contributed by atoms with E-state index in [1.165, 1.54) is 13.8 Å². The van der Waals surface area contributed by atoms with Gasteiger partial charge in [-0.2, -0.15) is 13.2 Å². The second-order valence-electron chi connectivity index (χ2n) is 3.62. The normalized spacial score (nSPS) is 15.4. The number of halogens is 3. The summed E-state index contributed by atoms with van der Waals surface area (Å²) in [6, 6.07) is 0. The van der Waals surface area contributed by atoms with Crippen molar-refractivity contribution in [3.05, 3.63) is 11.8 Å². The van der Waals surface area contributed by atoms with Gasteiger partial charge >= 0.3 is 12.1 Å². The molecular weight excluding hydrogens is 243 g/mol. The first-order chi connectivity index (χ1) is 7.63. The highest BCUT2D eigenvalue weighted by molar-refractivity contribution is 5.75. The molecule has 0 fully saturated rings. The van der Waals surface area contributed by atoms with Crippen molar-refractivity contribution in [1.82, 2.24) is 10.2 Å². The molecule has 96 valence electrons. The van der Waals surface area contributed by atoms with Gasteiger partial charge < -0.3 is 14.9 Å². The van der Waals surface area contributed by atoms with Gasteiger partial charge in [-0.1, -0.05) is 0 Å². The van der Waals surface area contributed by atoms with Crippen molar-refractivity contribution in [2.45, 2.75) is 25.6 Å². The summed E-state index contributed by atoms with van der Waals surface area (Å²) in [5, 5.41) is 7.01. The summed E-state index contributed by atoms with van der Waals surface area (Å²) < 4.78 is 44.6. The van der Waals surface area contributed by atoms with Crippen LogP contribution < -0.4 is 5.73 Å². The number of esters is 1. The average molecular weight is 253 g/mol. The molecule has 9 heteroatoms. The van der Waals surface area contributed by atoms with Crippen LogP contribution in [0, 0.1) is 6.92 Å². The quantitative estimate of drug-likeness (QED) is 0.795. The van der Waals surface area contributed by atoms with Gasteiger partial charge in [0.2, 0.25) is 11.8 Å². The molecule has 0 saturated carbocycles. The first-order valence-electron chi connectivity index (χ1n) is 4.46. The summed E-state index contributed by atoms with van der Waals surface area (Å²) in [7, 11) is 0. The molecule has 0 aliphatic carbocycles. The van der Waals surface area contributed by atoms with E-state index >= 15 is 0 Å². The number of aromatic nitrogens is 2. The lowest BCUT2D eigenvalue weighted by Gasteiger charge is -2.19. The minimum Gasteiger partial charge on any atom is -0.457 e. The smallest absolute Gasteiger partial charge is 0.457 e. The average Bonchev–Trinajstić information content (AvgIpc) is 2.60. The van der Waals surface area contributed by atoms with Crippen LogP contribution in [0.2, 0.25) is 0 Å². The van der Waals surface area contributed by atoms with Gasteiger partial charge in [0.1, 0.15) is 12.1 Å². The number of rotatable bonds is 3. The third-order valence-electron chi connectivity index (χ3n) is 1.75. The van der Waals surface area contributed by atoms with Gasteiger partial charge in [-0.3, -0.25) is 0 Å². The molecule has 1 heterocycles. The van der Waals surface area contributed by atoms with E-state index in [1.54, 1.807) is 0 Å². The lowest BCUT2D eigenvalue weighted by atomic mass is 10.1. The first-order valence-corrected chi connectivity index (χ1v) is 4.46. The number of nitrogens with zero attached hydrogens (tertiary/aromatic N) is 2. The van der Waals surface area contributed by atoms with E-state index in [0.29, 0.717) is 0 Å². The lowest BCUT2D eigenvalue weighted by molar-refractivity contribution is -0.201. The topological polar surface area (TPSA) is 91.2 Å². The van der Waals surface area contributed by atoms with E-state index < -0.39 is 24.3 Å². The van der Waals surface area contributed by atoms with Crippen LogP contribution in [0.1, 0.15) is 18.7 Å².